The summed E-state index contributed by atoms with van der Waals surface area (Å²) in [5, 5.41) is 2.74. The first-order valence-corrected chi connectivity index (χ1v) is 9.89. The van der Waals surface area contributed by atoms with E-state index in [1.807, 2.05) is 6.92 Å². The van der Waals surface area contributed by atoms with Crippen molar-refractivity contribution in [1.82, 2.24) is 9.62 Å². The maximum Gasteiger partial charge on any atom is 0.258 e. The van der Waals surface area contributed by atoms with Gasteiger partial charge in [-0.1, -0.05) is 6.42 Å². The van der Waals surface area contributed by atoms with Gasteiger partial charge in [0.05, 0.1) is 11.5 Å². The van der Waals surface area contributed by atoms with E-state index in [0.29, 0.717) is 25.4 Å². The lowest BCUT2D eigenvalue weighted by Crippen LogP contribution is -2.38. The van der Waals surface area contributed by atoms with Crippen LogP contribution in [0.1, 0.15) is 26.2 Å². The van der Waals surface area contributed by atoms with E-state index in [9.17, 15) is 13.2 Å². The van der Waals surface area contributed by atoms with Crippen molar-refractivity contribution >= 4 is 15.9 Å². The number of hydrogen-bond donors (Lipinski definition) is 1. The van der Waals surface area contributed by atoms with Crippen LogP contribution >= 0.6 is 0 Å². The Hall–Kier alpha value is -1.64. The summed E-state index contributed by atoms with van der Waals surface area (Å²) in [7, 11) is -1.88. The van der Waals surface area contributed by atoms with E-state index in [1.54, 1.807) is 19.2 Å². The van der Waals surface area contributed by atoms with Crippen molar-refractivity contribution in [3.63, 3.8) is 0 Å². The van der Waals surface area contributed by atoms with Crippen LogP contribution in [0.25, 0.3) is 0 Å². The van der Waals surface area contributed by atoms with E-state index >= 15 is 0 Å². The summed E-state index contributed by atoms with van der Waals surface area (Å²) in [5.74, 6) is 0.196. The number of carbonyl (C=O) groups is 1. The molecule has 0 radical (unpaired) electrons. The van der Waals surface area contributed by atoms with Gasteiger partial charge in [-0.3, -0.25) is 4.79 Å². The first-order valence-electron chi connectivity index (χ1n) is 8.45. The highest BCUT2D eigenvalue weighted by Gasteiger charge is 2.25. The highest BCUT2D eigenvalue weighted by Crippen LogP contribution is 2.22. The second kappa shape index (κ2) is 9.17. The SMILES string of the molecule is COC[C@@H](C)NC(=O)COc1ccc(S(=O)(=O)N2CCCCC2)cc1. The topological polar surface area (TPSA) is 84.9 Å². The minimum atomic E-state index is -3.45. The predicted octanol–water partition coefficient (Wildman–Crippen LogP) is 1.39. The number of hydrogen-bond acceptors (Lipinski definition) is 5. The van der Waals surface area contributed by atoms with Gasteiger partial charge in [-0.25, -0.2) is 8.42 Å². The molecule has 1 amide bonds. The van der Waals surface area contributed by atoms with Crippen LogP contribution in [0, 0.1) is 0 Å². The third kappa shape index (κ3) is 5.69. The number of nitrogens with one attached hydrogen (secondary N) is 1. The zero-order valence-electron chi connectivity index (χ0n) is 14.7. The van der Waals surface area contributed by atoms with Gasteiger partial charge in [-0.15, -0.1) is 0 Å². The number of amides is 1. The summed E-state index contributed by atoms with van der Waals surface area (Å²) in [4.78, 5) is 12.0. The van der Waals surface area contributed by atoms with Gasteiger partial charge >= 0.3 is 0 Å². The molecule has 1 N–H and O–H groups in total. The molecule has 1 fully saturated rings. The van der Waals surface area contributed by atoms with Crippen molar-refractivity contribution in [3.05, 3.63) is 24.3 Å². The normalized spacial score (nSPS) is 17.0. The number of piperidine rings is 1. The lowest BCUT2D eigenvalue weighted by molar-refractivity contribution is -0.124. The Morgan fingerprint density at radius 2 is 1.84 bits per heavy atom. The molecule has 1 aromatic rings. The number of sulfonamides is 1. The Morgan fingerprint density at radius 3 is 2.44 bits per heavy atom. The van der Waals surface area contributed by atoms with Gasteiger partial charge in [0.2, 0.25) is 10.0 Å². The summed E-state index contributed by atoms with van der Waals surface area (Å²) < 4.78 is 37.0. The fraction of sp³-hybridized carbons (Fsp3) is 0.588. The first kappa shape index (κ1) is 19.7. The molecule has 2 rings (SSSR count). The molecule has 1 atom stereocenters. The van der Waals surface area contributed by atoms with Crippen LogP contribution < -0.4 is 10.1 Å². The van der Waals surface area contributed by atoms with Crippen molar-refractivity contribution in [2.45, 2.75) is 37.1 Å². The molecule has 0 bridgehead atoms. The van der Waals surface area contributed by atoms with Crippen LogP contribution in [0.2, 0.25) is 0 Å². The molecule has 0 saturated carbocycles. The van der Waals surface area contributed by atoms with Crippen molar-refractivity contribution in [1.29, 1.82) is 0 Å². The molecule has 1 aromatic carbocycles. The van der Waals surface area contributed by atoms with Gasteiger partial charge < -0.3 is 14.8 Å². The average molecular weight is 370 g/mol. The summed E-state index contributed by atoms with van der Waals surface area (Å²) in [5.41, 5.74) is 0. The van der Waals surface area contributed by atoms with Crippen LogP contribution in [0.5, 0.6) is 5.75 Å². The number of nitrogens with zero attached hydrogens (tertiary/aromatic N) is 1. The fourth-order valence-corrected chi connectivity index (χ4v) is 4.24. The summed E-state index contributed by atoms with van der Waals surface area (Å²) in [6.07, 6.45) is 2.87. The molecule has 0 unspecified atom stereocenters. The van der Waals surface area contributed by atoms with E-state index in [0.717, 1.165) is 19.3 Å². The molecular formula is C17H26N2O5S. The number of rotatable bonds is 8. The molecular weight excluding hydrogens is 344 g/mol. The Balaban J connectivity index is 1.90. The molecule has 0 aromatic heterocycles. The van der Waals surface area contributed by atoms with Crippen LogP contribution in [-0.4, -0.2) is 58.1 Å². The van der Waals surface area contributed by atoms with Gasteiger partial charge in [-0.2, -0.15) is 4.31 Å². The highest BCUT2D eigenvalue weighted by molar-refractivity contribution is 7.89. The van der Waals surface area contributed by atoms with Crippen molar-refractivity contribution in [2.75, 3.05) is 33.4 Å². The van der Waals surface area contributed by atoms with Crippen LogP contribution in [-0.2, 0) is 19.6 Å². The van der Waals surface area contributed by atoms with Gasteiger partial charge in [0.1, 0.15) is 5.75 Å². The lowest BCUT2D eigenvalue weighted by Gasteiger charge is -2.25. The zero-order chi connectivity index (χ0) is 18.3. The maximum absolute atomic E-state index is 12.6. The van der Waals surface area contributed by atoms with E-state index < -0.39 is 10.0 Å². The minimum Gasteiger partial charge on any atom is -0.484 e. The molecule has 1 saturated heterocycles. The quantitative estimate of drug-likeness (QED) is 0.747. The Kier molecular flexibility index (Phi) is 7.22. The van der Waals surface area contributed by atoms with E-state index in [-0.39, 0.29) is 23.5 Å². The molecule has 140 valence electrons. The lowest BCUT2D eigenvalue weighted by atomic mass is 10.2. The Bertz CT molecular complexity index is 654. The highest BCUT2D eigenvalue weighted by atomic mass is 32.2. The molecule has 25 heavy (non-hydrogen) atoms. The zero-order valence-corrected chi connectivity index (χ0v) is 15.5. The van der Waals surface area contributed by atoms with Crippen LogP contribution in [0.15, 0.2) is 29.2 Å². The fourth-order valence-electron chi connectivity index (χ4n) is 2.72. The van der Waals surface area contributed by atoms with Gasteiger partial charge in [0.15, 0.2) is 6.61 Å². The smallest absolute Gasteiger partial charge is 0.258 e. The first-order chi connectivity index (χ1) is 11.9. The molecule has 1 aliphatic rings. The third-order valence-electron chi connectivity index (χ3n) is 3.97. The van der Waals surface area contributed by atoms with Gasteiger partial charge in [-0.05, 0) is 44.0 Å². The Labute approximate surface area is 149 Å². The van der Waals surface area contributed by atoms with Crippen molar-refractivity contribution in [2.24, 2.45) is 0 Å². The predicted molar refractivity (Wildman–Crippen MR) is 94.0 cm³/mol. The third-order valence-corrected chi connectivity index (χ3v) is 5.88. The monoisotopic (exact) mass is 370 g/mol. The summed E-state index contributed by atoms with van der Waals surface area (Å²) in [6.45, 7) is 3.27. The molecule has 0 spiro atoms. The standard InChI is InChI=1S/C17H26N2O5S/c1-14(12-23-2)18-17(20)13-24-15-6-8-16(9-7-15)25(21,22)19-10-4-3-5-11-19/h6-9,14H,3-5,10-13H2,1-2H3,(H,18,20)/t14-/m1/s1. The van der Waals surface area contributed by atoms with E-state index in [1.165, 1.54) is 16.4 Å². The second-order valence-corrected chi connectivity index (χ2v) is 8.09. The molecule has 1 aliphatic heterocycles. The number of benzene rings is 1. The van der Waals surface area contributed by atoms with Crippen LogP contribution in [0.3, 0.4) is 0 Å². The average Bonchev–Trinajstić information content (AvgIpc) is 2.61. The number of carbonyl (C=O) groups excluding carboxylic acids is 1. The van der Waals surface area contributed by atoms with Crippen LogP contribution in [0.4, 0.5) is 0 Å². The summed E-state index contributed by atoms with van der Waals surface area (Å²) in [6, 6.07) is 6.08. The molecule has 8 heteroatoms. The maximum atomic E-state index is 12.6. The molecule has 7 nitrogen and oxygen atoms in total. The largest absolute Gasteiger partial charge is 0.484 e. The Morgan fingerprint density at radius 1 is 1.20 bits per heavy atom. The van der Waals surface area contributed by atoms with Gasteiger partial charge in [0, 0.05) is 26.2 Å². The summed E-state index contributed by atoms with van der Waals surface area (Å²) >= 11 is 0. The van der Waals surface area contributed by atoms with Gasteiger partial charge in [0.25, 0.3) is 5.91 Å². The molecule has 0 aliphatic carbocycles. The van der Waals surface area contributed by atoms with E-state index in [2.05, 4.69) is 5.32 Å². The van der Waals surface area contributed by atoms with Crippen molar-refractivity contribution in [3.8, 4) is 5.75 Å². The number of ether oxygens (including phenoxy) is 2. The number of methoxy groups -OCH3 is 1. The minimum absolute atomic E-state index is 0.0989. The molecule has 1 heterocycles. The second-order valence-electron chi connectivity index (χ2n) is 6.15. The van der Waals surface area contributed by atoms with E-state index in [4.69, 9.17) is 9.47 Å². The van der Waals surface area contributed by atoms with Crippen molar-refractivity contribution < 1.29 is 22.7 Å².